The molecule has 1 aromatic heterocycles. The first kappa shape index (κ1) is 16.7. The standard InChI is InChI=1S/C17H23N3O4/c1-11(21)9-20-17-13(8-19-20)3-4-16-15(17)7-14(10-24-16)23-6-5-18-12(2)22/h3-4,8,11,14,21H,5-7,9-10H2,1-2H3,(H,18,22). The molecule has 130 valence electrons. The number of rotatable bonds is 6. The quantitative estimate of drug-likeness (QED) is 0.766. The van der Waals surface area contributed by atoms with E-state index in [0.717, 1.165) is 28.6 Å². The van der Waals surface area contributed by atoms with Crippen molar-refractivity contribution in [3.8, 4) is 5.75 Å². The van der Waals surface area contributed by atoms with Crippen molar-refractivity contribution in [2.75, 3.05) is 19.8 Å². The Morgan fingerprint density at radius 3 is 3.17 bits per heavy atom. The Hall–Kier alpha value is -2.12. The Balaban J connectivity index is 1.76. The number of aliphatic hydroxyl groups is 1. The molecule has 0 radical (unpaired) electrons. The van der Waals surface area contributed by atoms with Crippen LogP contribution in [-0.4, -0.2) is 52.8 Å². The lowest BCUT2D eigenvalue weighted by molar-refractivity contribution is -0.119. The first-order valence-electron chi connectivity index (χ1n) is 8.19. The second-order valence-electron chi connectivity index (χ2n) is 6.15. The summed E-state index contributed by atoms with van der Waals surface area (Å²) in [4.78, 5) is 10.9. The van der Waals surface area contributed by atoms with Crippen molar-refractivity contribution in [2.45, 2.75) is 39.0 Å². The first-order chi connectivity index (χ1) is 11.5. The lowest BCUT2D eigenvalue weighted by atomic mass is 10.0. The highest BCUT2D eigenvalue weighted by atomic mass is 16.5. The van der Waals surface area contributed by atoms with Crippen LogP contribution in [-0.2, 0) is 22.5 Å². The molecule has 2 unspecified atom stereocenters. The summed E-state index contributed by atoms with van der Waals surface area (Å²) < 4.78 is 13.5. The van der Waals surface area contributed by atoms with Gasteiger partial charge >= 0.3 is 0 Å². The lowest BCUT2D eigenvalue weighted by Gasteiger charge is -2.26. The van der Waals surface area contributed by atoms with Crippen LogP contribution in [0, 0.1) is 0 Å². The summed E-state index contributed by atoms with van der Waals surface area (Å²) >= 11 is 0. The Bertz CT molecular complexity index is 726. The molecule has 1 aliphatic rings. The number of nitrogens with zero attached hydrogens (tertiary/aromatic N) is 2. The van der Waals surface area contributed by atoms with Crippen LogP contribution in [0.2, 0.25) is 0 Å². The zero-order chi connectivity index (χ0) is 17.1. The van der Waals surface area contributed by atoms with Gasteiger partial charge in [-0.1, -0.05) is 0 Å². The van der Waals surface area contributed by atoms with E-state index in [1.807, 2.05) is 16.8 Å². The van der Waals surface area contributed by atoms with Gasteiger partial charge in [0.15, 0.2) is 0 Å². The molecule has 2 heterocycles. The maximum atomic E-state index is 10.9. The number of amides is 1. The van der Waals surface area contributed by atoms with E-state index in [1.54, 1.807) is 13.1 Å². The van der Waals surface area contributed by atoms with Crippen molar-refractivity contribution in [3.05, 3.63) is 23.9 Å². The topological polar surface area (TPSA) is 85.6 Å². The number of hydrogen-bond donors (Lipinski definition) is 2. The molecule has 1 aliphatic heterocycles. The molecular weight excluding hydrogens is 310 g/mol. The maximum absolute atomic E-state index is 10.9. The first-order valence-corrected chi connectivity index (χ1v) is 8.19. The Labute approximate surface area is 140 Å². The Kier molecular flexibility index (Phi) is 5.01. The van der Waals surface area contributed by atoms with Crippen LogP contribution in [0.4, 0.5) is 0 Å². The number of carbonyl (C=O) groups excluding carboxylic acids is 1. The van der Waals surface area contributed by atoms with Crippen molar-refractivity contribution in [2.24, 2.45) is 0 Å². The summed E-state index contributed by atoms with van der Waals surface area (Å²) in [6.07, 6.45) is 1.99. The van der Waals surface area contributed by atoms with Crippen LogP contribution in [0.25, 0.3) is 10.9 Å². The van der Waals surface area contributed by atoms with E-state index in [4.69, 9.17) is 9.47 Å². The van der Waals surface area contributed by atoms with Gasteiger partial charge in [-0.3, -0.25) is 9.48 Å². The van der Waals surface area contributed by atoms with Crippen molar-refractivity contribution in [3.63, 3.8) is 0 Å². The third-order valence-corrected chi connectivity index (χ3v) is 3.99. The molecule has 0 fully saturated rings. The van der Waals surface area contributed by atoms with E-state index in [1.165, 1.54) is 6.92 Å². The zero-order valence-corrected chi connectivity index (χ0v) is 14.0. The molecular formula is C17H23N3O4. The van der Waals surface area contributed by atoms with E-state index in [0.29, 0.717) is 26.3 Å². The van der Waals surface area contributed by atoms with Gasteiger partial charge in [0.05, 0.1) is 37.1 Å². The average Bonchev–Trinajstić information content (AvgIpc) is 2.94. The summed E-state index contributed by atoms with van der Waals surface area (Å²) in [7, 11) is 0. The summed E-state index contributed by atoms with van der Waals surface area (Å²) in [5.74, 6) is 0.782. The van der Waals surface area contributed by atoms with Crippen LogP contribution in [0.1, 0.15) is 19.4 Å². The minimum Gasteiger partial charge on any atom is -0.491 e. The van der Waals surface area contributed by atoms with Gasteiger partial charge in [0.25, 0.3) is 0 Å². The van der Waals surface area contributed by atoms with Gasteiger partial charge in [0.2, 0.25) is 5.91 Å². The molecule has 0 spiro atoms. The average molecular weight is 333 g/mol. The van der Waals surface area contributed by atoms with Crippen LogP contribution in [0.5, 0.6) is 5.75 Å². The predicted octanol–water partition coefficient (Wildman–Crippen LogP) is 0.873. The molecule has 2 N–H and O–H groups in total. The molecule has 7 heteroatoms. The SMILES string of the molecule is CC(=O)NCCOC1COc2ccc3cnn(CC(C)O)c3c2C1. The molecule has 7 nitrogen and oxygen atoms in total. The van der Waals surface area contributed by atoms with Gasteiger partial charge in [-0.15, -0.1) is 0 Å². The van der Waals surface area contributed by atoms with E-state index < -0.39 is 6.10 Å². The second-order valence-corrected chi connectivity index (χ2v) is 6.15. The predicted molar refractivity (Wildman–Crippen MR) is 89.0 cm³/mol. The Morgan fingerprint density at radius 1 is 1.58 bits per heavy atom. The largest absolute Gasteiger partial charge is 0.491 e. The number of hydrogen-bond acceptors (Lipinski definition) is 5. The molecule has 0 saturated heterocycles. The normalized spacial score (nSPS) is 18.0. The molecule has 1 aromatic carbocycles. The third-order valence-electron chi connectivity index (χ3n) is 3.99. The fourth-order valence-electron chi connectivity index (χ4n) is 2.98. The number of benzene rings is 1. The van der Waals surface area contributed by atoms with Crippen molar-refractivity contribution < 1.29 is 19.4 Å². The van der Waals surface area contributed by atoms with Crippen molar-refractivity contribution in [1.82, 2.24) is 15.1 Å². The second kappa shape index (κ2) is 7.19. The van der Waals surface area contributed by atoms with Crippen LogP contribution in [0.15, 0.2) is 18.3 Å². The summed E-state index contributed by atoms with van der Waals surface area (Å²) in [6, 6.07) is 3.94. The van der Waals surface area contributed by atoms with E-state index in [2.05, 4.69) is 10.4 Å². The smallest absolute Gasteiger partial charge is 0.216 e. The molecule has 2 atom stereocenters. The number of carbonyl (C=O) groups is 1. The molecule has 0 bridgehead atoms. The minimum absolute atomic E-state index is 0.0624. The molecule has 2 aromatic rings. The highest BCUT2D eigenvalue weighted by Gasteiger charge is 2.24. The lowest BCUT2D eigenvalue weighted by Crippen LogP contribution is -2.32. The summed E-state index contributed by atoms with van der Waals surface area (Å²) in [6.45, 7) is 5.10. The number of ether oxygens (including phenoxy) is 2. The van der Waals surface area contributed by atoms with Gasteiger partial charge in [0, 0.05) is 30.8 Å². The van der Waals surface area contributed by atoms with E-state index in [9.17, 15) is 9.90 Å². The minimum atomic E-state index is -0.474. The van der Waals surface area contributed by atoms with Gasteiger partial charge in [-0.2, -0.15) is 5.10 Å². The van der Waals surface area contributed by atoms with Crippen LogP contribution >= 0.6 is 0 Å². The van der Waals surface area contributed by atoms with Crippen LogP contribution in [0.3, 0.4) is 0 Å². The fourth-order valence-corrected chi connectivity index (χ4v) is 2.98. The van der Waals surface area contributed by atoms with Crippen molar-refractivity contribution >= 4 is 16.8 Å². The number of aromatic nitrogens is 2. The van der Waals surface area contributed by atoms with E-state index >= 15 is 0 Å². The van der Waals surface area contributed by atoms with Gasteiger partial charge in [-0.05, 0) is 19.1 Å². The number of nitrogens with one attached hydrogen (secondary N) is 1. The van der Waals surface area contributed by atoms with Crippen LogP contribution < -0.4 is 10.1 Å². The zero-order valence-electron chi connectivity index (χ0n) is 14.0. The van der Waals surface area contributed by atoms with Gasteiger partial charge < -0.3 is 19.9 Å². The monoisotopic (exact) mass is 333 g/mol. The molecule has 24 heavy (non-hydrogen) atoms. The maximum Gasteiger partial charge on any atom is 0.216 e. The van der Waals surface area contributed by atoms with E-state index in [-0.39, 0.29) is 12.0 Å². The molecule has 3 rings (SSSR count). The van der Waals surface area contributed by atoms with Gasteiger partial charge in [0.1, 0.15) is 12.4 Å². The summed E-state index contributed by atoms with van der Waals surface area (Å²) in [5, 5.41) is 17.8. The molecule has 0 saturated carbocycles. The van der Waals surface area contributed by atoms with Crippen molar-refractivity contribution in [1.29, 1.82) is 0 Å². The number of fused-ring (bicyclic) bond motifs is 3. The fraction of sp³-hybridized carbons (Fsp3) is 0.529. The molecule has 0 aliphatic carbocycles. The molecule has 1 amide bonds. The highest BCUT2D eigenvalue weighted by Crippen LogP contribution is 2.32. The number of aliphatic hydroxyl groups excluding tert-OH is 1. The highest BCUT2D eigenvalue weighted by molar-refractivity contribution is 5.84. The Morgan fingerprint density at radius 2 is 2.42 bits per heavy atom. The van der Waals surface area contributed by atoms with Gasteiger partial charge in [-0.25, -0.2) is 0 Å². The third kappa shape index (κ3) is 3.68. The summed E-state index contributed by atoms with van der Waals surface area (Å²) in [5.41, 5.74) is 2.05.